The molecule has 9 heteroatoms. The summed E-state index contributed by atoms with van der Waals surface area (Å²) in [4.78, 5) is 38.4. The Morgan fingerprint density at radius 3 is 2.38 bits per heavy atom. The van der Waals surface area contributed by atoms with Crippen LogP contribution < -0.4 is 15.5 Å². The first kappa shape index (κ1) is 25.3. The summed E-state index contributed by atoms with van der Waals surface area (Å²) < 4.78 is 39.3. The Kier molecular flexibility index (Phi) is 7.96. The van der Waals surface area contributed by atoms with Gasteiger partial charge in [0.2, 0.25) is 11.8 Å². The van der Waals surface area contributed by atoms with Crippen molar-refractivity contribution in [1.82, 2.24) is 10.6 Å². The second-order valence-electron chi connectivity index (χ2n) is 8.75. The van der Waals surface area contributed by atoms with E-state index in [0.717, 1.165) is 24.2 Å². The predicted octanol–water partition coefficient (Wildman–Crippen LogP) is 4.47. The van der Waals surface area contributed by atoms with Crippen LogP contribution in [-0.4, -0.2) is 30.8 Å². The summed E-state index contributed by atoms with van der Waals surface area (Å²) in [5.41, 5.74) is 0.629. The van der Waals surface area contributed by atoms with Crippen LogP contribution in [0.2, 0.25) is 0 Å². The highest BCUT2D eigenvalue weighted by atomic mass is 19.4. The van der Waals surface area contributed by atoms with Crippen molar-refractivity contribution in [2.75, 3.05) is 18.0 Å². The molecule has 2 aromatic rings. The minimum Gasteiger partial charge on any atom is -0.348 e. The van der Waals surface area contributed by atoms with Gasteiger partial charge in [-0.3, -0.25) is 14.4 Å². The van der Waals surface area contributed by atoms with Crippen LogP contribution in [0.5, 0.6) is 0 Å². The third-order valence-electron chi connectivity index (χ3n) is 5.58. The summed E-state index contributed by atoms with van der Waals surface area (Å²) in [6.07, 6.45) is -2.73. The van der Waals surface area contributed by atoms with Crippen molar-refractivity contribution in [3.05, 3.63) is 65.2 Å². The first-order valence-corrected chi connectivity index (χ1v) is 11.2. The molecule has 0 bridgehead atoms. The number of amides is 3. The van der Waals surface area contributed by atoms with Crippen molar-refractivity contribution in [3.63, 3.8) is 0 Å². The van der Waals surface area contributed by atoms with Gasteiger partial charge < -0.3 is 15.5 Å². The topological polar surface area (TPSA) is 78.5 Å². The van der Waals surface area contributed by atoms with Crippen LogP contribution >= 0.6 is 0 Å². The SMILES string of the molecule is CC(C)CC(NC(=O)CNC(=O)c1ccc(N2CCCC2=O)cc1)c1cccc(C(F)(F)F)c1. The van der Waals surface area contributed by atoms with Gasteiger partial charge in [-0.1, -0.05) is 26.0 Å². The van der Waals surface area contributed by atoms with E-state index in [2.05, 4.69) is 10.6 Å². The minimum atomic E-state index is -4.48. The Hall–Kier alpha value is -3.36. The number of benzene rings is 2. The monoisotopic (exact) mass is 475 g/mol. The van der Waals surface area contributed by atoms with E-state index in [1.54, 1.807) is 35.2 Å². The first-order chi connectivity index (χ1) is 16.0. The maximum absolute atomic E-state index is 13.1. The van der Waals surface area contributed by atoms with Gasteiger partial charge in [0.05, 0.1) is 18.2 Å². The average molecular weight is 476 g/mol. The number of carbonyl (C=O) groups is 3. The van der Waals surface area contributed by atoms with Crippen molar-refractivity contribution in [1.29, 1.82) is 0 Å². The number of hydrogen-bond acceptors (Lipinski definition) is 3. The molecular formula is C25H28F3N3O3. The van der Waals surface area contributed by atoms with E-state index in [-0.39, 0.29) is 18.4 Å². The lowest BCUT2D eigenvalue weighted by Crippen LogP contribution is -2.39. The fraction of sp³-hybridized carbons (Fsp3) is 0.400. The van der Waals surface area contributed by atoms with Gasteiger partial charge >= 0.3 is 6.18 Å². The van der Waals surface area contributed by atoms with Gasteiger partial charge in [-0.15, -0.1) is 0 Å². The molecule has 0 saturated carbocycles. The zero-order valence-electron chi connectivity index (χ0n) is 19.1. The molecular weight excluding hydrogens is 447 g/mol. The van der Waals surface area contributed by atoms with Gasteiger partial charge in [0.15, 0.2) is 0 Å². The second kappa shape index (κ2) is 10.7. The van der Waals surface area contributed by atoms with Gasteiger partial charge in [0, 0.05) is 24.2 Å². The van der Waals surface area contributed by atoms with Crippen LogP contribution in [-0.2, 0) is 15.8 Å². The van der Waals surface area contributed by atoms with Gasteiger partial charge in [-0.2, -0.15) is 13.2 Å². The first-order valence-electron chi connectivity index (χ1n) is 11.2. The van der Waals surface area contributed by atoms with E-state index < -0.39 is 29.6 Å². The summed E-state index contributed by atoms with van der Waals surface area (Å²) in [6.45, 7) is 4.15. The molecule has 2 N–H and O–H groups in total. The third kappa shape index (κ3) is 6.59. The lowest BCUT2D eigenvalue weighted by molar-refractivity contribution is -0.137. The molecule has 3 amide bonds. The number of rotatable bonds is 8. The molecule has 1 aliphatic heterocycles. The van der Waals surface area contributed by atoms with Gasteiger partial charge in [0.1, 0.15) is 0 Å². The Balaban J connectivity index is 1.60. The quantitative estimate of drug-likeness (QED) is 0.592. The molecule has 3 rings (SSSR count). The van der Waals surface area contributed by atoms with Crippen LogP contribution in [0.1, 0.15) is 60.6 Å². The fourth-order valence-corrected chi connectivity index (χ4v) is 3.90. The smallest absolute Gasteiger partial charge is 0.348 e. The summed E-state index contributed by atoms with van der Waals surface area (Å²) in [5, 5.41) is 5.27. The fourth-order valence-electron chi connectivity index (χ4n) is 3.90. The van der Waals surface area contributed by atoms with E-state index in [1.165, 1.54) is 6.07 Å². The Morgan fingerprint density at radius 2 is 1.79 bits per heavy atom. The van der Waals surface area contributed by atoms with Crippen LogP contribution in [0.4, 0.5) is 18.9 Å². The lowest BCUT2D eigenvalue weighted by atomic mass is 9.95. The number of halogens is 3. The molecule has 1 unspecified atom stereocenters. The van der Waals surface area contributed by atoms with E-state index >= 15 is 0 Å². The van der Waals surface area contributed by atoms with E-state index in [9.17, 15) is 27.6 Å². The predicted molar refractivity (Wildman–Crippen MR) is 122 cm³/mol. The molecule has 6 nitrogen and oxygen atoms in total. The lowest BCUT2D eigenvalue weighted by Gasteiger charge is -2.22. The average Bonchev–Trinajstić information content (AvgIpc) is 3.22. The highest BCUT2D eigenvalue weighted by Gasteiger charge is 2.31. The number of alkyl halides is 3. The normalized spacial score (nSPS) is 14.9. The summed E-state index contributed by atoms with van der Waals surface area (Å²) in [7, 11) is 0. The molecule has 0 aromatic heterocycles. The molecule has 0 aliphatic carbocycles. The summed E-state index contributed by atoms with van der Waals surface area (Å²) >= 11 is 0. The molecule has 0 radical (unpaired) electrons. The molecule has 1 heterocycles. The van der Waals surface area contributed by atoms with Crippen molar-refractivity contribution < 1.29 is 27.6 Å². The Labute approximate surface area is 196 Å². The van der Waals surface area contributed by atoms with Crippen LogP contribution in [0, 0.1) is 5.92 Å². The van der Waals surface area contributed by atoms with Crippen molar-refractivity contribution >= 4 is 23.4 Å². The van der Waals surface area contributed by atoms with E-state index in [1.807, 2.05) is 13.8 Å². The van der Waals surface area contributed by atoms with Gasteiger partial charge in [-0.05, 0) is 60.7 Å². The molecule has 1 saturated heterocycles. The van der Waals surface area contributed by atoms with Crippen molar-refractivity contribution in [3.8, 4) is 0 Å². The standard InChI is InChI=1S/C25H28F3N3O3/c1-16(2)13-21(18-5-3-6-19(14-18)25(26,27)28)30-22(32)15-29-24(34)17-8-10-20(11-9-17)31-12-4-7-23(31)33/h3,5-6,8-11,14,16,21H,4,7,12-13,15H2,1-2H3,(H,29,34)(H,30,32). The Morgan fingerprint density at radius 1 is 1.09 bits per heavy atom. The molecule has 1 atom stereocenters. The maximum atomic E-state index is 13.1. The minimum absolute atomic E-state index is 0.0468. The largest absolute Gasteiger partial charge is 0.416 e. The molecule has 34 heavy (non-hydrogen) atoms. The molecule has 1 fully saturated rings. The molecule has 182 valence electrons. The number of hydrogen-bond donors (Lipinski definition) is 2. The highest BCUT2D eigenvalue weighted by molar-refractivity contribution is 5.98. The van der Waals surface area contributed by atoms with Gasteiger partial charge in [-0.25, -0.2) is 0 Å². The molecule has 0 spiro atoms. The van der Waals surface area contributed by atoms with E-state index in [4.69, 9.17) is 0 Å². The van der Waals surface area contributed by atoms with Crippen molar-refractivity contribution in [2.45, 2.75) is 45.3 Å². The summed E-state index contributed by atoms with van der Waals surface area (Å²) in [6, 6.07) is 10.8. The van der Waals surface area contributed by atoms with Crippen LogP contribution in [0.3, 0.4) is 0 Å². The maximum Gasteiger partial charge on any atom is 0.416 e. The summed E-state index contributed by atoms with van der Waals surface area (Å²) in [5.74, 6) is -0.800. The molecule has 2 aromatic carbocycles. The zero-order chi connectivity index (χ0) is 24.9. The van der Waals surface area contributed by atoms with Gasteiger partial charge in [0.25, 0.3) is 5.91 Å². The van der Waals surface area contributed by atoms with Crippen LogP contribution in [0.15, 0.2) is 48.5 Å². The molecule has 1 aliphatic rings. The van der Waals surface area contributed by atoms with Crippen LogP contribution in [0.25, 0.3) is 0 Å². The third-order valence-corrected chi connectivity index (χ3v) is 5.58. The number of nitrogens with one attached hydrogen (secondary N) is 2. The zero-order valence-corrected chi connectivity index (χ0v) is 19.1. The number of carbonyl (C=O) groups excluding carboxylic acids is 3. The highest BCUT2D eigenvalue weighted by Crippen LogP contribution is 2.32. The second-order valence-corrected chi connectivity index (χ2v) is 8.75. The van der Waals surface area contributed by atoms with Crippen molar-refractivity contribution in [2.24, 2.45) is 5.92 Å². The number of anilines is 1. The number of nitrogens with zero attached hydrogens (tertiary/aromatic N) is 1. The van der Waals surface area contributed by atoms with E-state index in [0.29, 0.717) is 30.5 Å². The Bertz CT molecular complexity index is 1040.